The first-order valence-electron chi connectivity index (χ1n) is 7.14. The minimum absolute atomic E-state index is 0.0789. The van der Waals surface area contributed by atoms with Gasteiger partial charge in [-0.25, -0.2) is 4.39 Å². The van der Waals surface area contributed by atoms with Crippen molar-refractivity contribution in [3.63, 3.8) is 0 Å². The van der Waals surface area contributed by atoms with Crippen molar-refractivity contribution in [1.82, 2.24) is 15.1 Å². The molecule has 1 amide bonds. The van der Waals surface area contributed by atoms with Gasteiger partial charge in [0.05, 0.1) is 10.6 Å². The van der Waals surface area contributed by atoms with E-state index in [-0.39, 0.29) is 16.6 Å². The van der Waals surface area contributed by atoms with Crippen LogP contribution < -0.4 is 5.32 Å². The van der Waals surface area contributed by atoms with E-state index in [1.165, 1.54) is 18.2 Å². The number of nitrogens with zero attached hydrogens (tertiary/aromatic N) is 2. The smallest absolute Gasteiger partial charge is 0.255 e. The molecule has 2 rings (SSSR count). The van der Waals surface area contributed by atoms with Crippen molar-refractivity contribution >= 4 is 17.5 Å². The molecule has 1 aromatic carbocycles. The predicted octanol–water partition coefficient (Wildman–Crippen LogP) is 1.84. The predicted molar refractivity (Wildman–Crippen MR) is 82.3 cm³/mol. The molecule has 21 heavy (non-hydrogen) atoms. The summed E-state index contributed by atoms with van der Waals surface area (Å²) in [5.41, 5.74) is -0.0789. The Kier molecular flexibility index (Phi) is 5.56. The number of halogens is 2. The van der Waals surface area contributed by atoms with Crippen molar-refractivity contribution in [2.24, 2.45) is 0 Å². The highest BCUT2D eigenvalue weighted by molar-refractivity contribution is 6.33. The van der Waals surface area contributed by atoms with Crippen molar-refractivity contribution in [1.29, 1.82) is 0 Å². The van der Waals surface area contributed by atoms with E-state index in [0.717, 1.165) is 26.2 Å². The zero-order valence-corrected chi connectivity index (χ0v) is 13.2. The van der Waals surface area contributed by atoms with E-state index in [1.54, 1.807) is 0 Å². The molecule has 0 bridgehead atoms. The molecule has 1 fully saturated rings. The van der Waals surface area contributed by atoms with Crippen LogP contribution in [0.2, 0.25) is 5.02 Å². The van der Waals surface area contributed by atoms with Gasteiger partial charge in [-0.3, -0.25) is 9.69 Å². The first kappa shape index (κ1) is 16.2. The topological polar surface area (TPSA) is 35.6 Å². The van der Waals surface area contributed by atoms with Crippen LogP contribution in [-0.4, -0.2) is 61.5 Å². The number of rotatable bonds is 4. The number of benzene rings is 1. The lowest BCUT2D eigenvalue weighted by molar-refractivity contribution is 0.0900. The van der Waals surface area contributed by atoms with Gasteiger partial charge in [0.1, 0.15) is 5.82 Å². The van der Waals surface area contributed by atoms with Crippen molar-refractivity contribution < 1.29 is 9.18 Å². The molecule has 0 aromatic heterocycles. The molecule has 1 aliphatic heterocycles. The highest BCUT2D eigenvalue weighted by Crippen LogP contribution is 2.18. The molecule has 0 unspecified atom stereocenters. The Morgan fingerprint density at radius 1 is 1.38 bits per heavy atom. The summed E-state index contributed by atoms with van der Waals surface area (Å²) in [7, 11) is 2.10. The molecule has 1 aromatic rings. The van der Waals surface area contributed by atoms with E-state index in [1.807, 2.05) is 0 Å². The van der Waals surface area contributed by atoms with E-state index in [2.05, 4.69) is 29.1 Å². The van der Waals surface area contributed by atoms with Crippen molar-refractivity contribution in [3.05, 3.63) is 34.6 Å². The zero-order chi connectivity index (χ0) is 15.4. The summed E-state index contributed by atoms with van der Waals surface area (Å²) in [5.74, 6) is -1.05. The molecule has 1 saturated heterocycles. The van der Waals surface area contributed by atoms with Gasteiger partial charge in [0, 0.05) is 38.8 Å². The number of nitrogens with one attached hydrogen (secondary N) is 1. The van der Waals surface area contributed by atoms with Gasteiger partial charge in [-0.15, -0.1) is 0 Å². The van der Waals surface area contributed by atoms with E-state index in [0.29, 0.717) is 6.54 Å². The third-order valence-electron chi connectivity index (χ3n) is 3.91. The summed E-state index contributed by atoms with van der Waals surface area (Å²) in [6.07, 6.45) is 0. The minimum Gasteiger partial charge on any atom is -0.350 e. The number of carbonyl (C=O) groups is 1. The monoisotopic (exact) mass is 313 g/mol. The fourth-order valence-electron chi connectivity index (χ4n) is 2.44. The standard InChI is InChI=1S/C15H21ClFN3O/c1-11(20-8-6-19(2)7-9-20)10-18-15(21)14-12(16)4-3-5-13(14)17/h3-5,11H,6-10H2,1-2H3,(H,18,21)/t11-/m1/s1. The van der Waals surface area contributed by atoms with Crippen LogP contribution in [-0.2, 0) is 0 Å². The van der Waals surface area contributed by atoms with E-state index in [9.17, 15) is 9.18 Å². The van der Waals surface area contributed by atoms with Crippen LogP contribution in [0.5, 0.6) is 0 Å². The molecule has 1 aliphatic rings. The van der Waals surface area contributed by atoms with Crippen LogP contribution in [0, 0.1) is 5.82 Å². The fourth-order valence-corrected chi connectivity index (χ4v) is 2.68. The number of likely N-dealkylation sites (N-methyl/N-ethyl adjacent to an activating group) is 1. The molecular weight excluding hydrogens is 293 g/mol. The number of hydrogen-bond acceptors (Lipinski definition) is 3. The number of carbonyl (C=O) groups excluding carboxylic acids is 1. The minimum atomic E-state index is -0.591. The molecule has 0 spiro atoms. The molecule has 6 heteroatoms. The summed E-state index contributed by atoms with van der Waals surface area (Å²) in [5, 5.41) is 2.91. The highest BCUT2D eigenvalue weighted by Gasteiger charge is 2.21. The number of hydrogen-bond donors (Lipinski definition) is 1. The average molecular weight is 314 g/mol. The maximum atomic E-state index is 13.7. The molecule has 0 radical (unpaired) electrons. The lowest BCUT2D eigenvalue weighted by atomic mass is 10.2. The molecule has 1 atom stereocenters. The summed E-state index contributed by atoms with van der Waals surface area (Å²) >= 11 is 5.89. The molecule has 4 nitrogen and oxygen atoms in total. The Morgan fingerprint density at radius 2 is 2.05 bits per heavy atom. The second-order valence-corrected chi connectivity index (χ2v) is 5.90. The van der Waals surface area contributed by atoms with Gasteiger partial charge in [-0.1, -0.05) is 17.7 Å². The van der Waals surface area contributed by atoms with Gasteiger partial charge in [0.25, 0.3) is 5.91 Å². The van der Waals surface area contributed by atoms with Gasteiger partial charge in [-0.05, 0) is 26.1 Å². The normalized spacial score (nSPS) is 18.5. The number of amides is 1. The van der Waals surface area contributed by atoms with Crippen LogP contribution in [0.4, 0.5) is 4.39 Å². The maximum absolute atomic E-state index is 13.7. The lowest BCUT2D eigenvalue weighted by Crippen LogP contribution is -2.51. The largest absolute Gasteiger partial charge is 0.350 e. The van der Waals surface area contributed by atoms with Crippen molar-refractivity contribution in [2.45, 2.75) is 13.0 Å². The zero-order valence-electron chi connectivity index (χ0n) is 12.4. The van der Waals surface area contributed by atoms with Crippen LogP contribution in [0.3, 0.4) is 0 Å². The summed E-state index contributed by atoms with van der Waals surface area (Å²) in [6.45, 7) is 6.55. The molecule has 116 valence electrons. The quantitative estimate of drug-likeness (QED) is 0.921. The van der Waals surface area contributed by atoms with E-state index >= 15 is 0 Å². The van der Waals surface area contributed by atoms with Crippen molar-refractivity contribution in [3.8, 4) is 0 Å². The van der Waals surface area contributed by atoms with Gasteiger partial charge >= 0.3 is 0 Å². The molecule has 0 aliphatic carbocycles. The molecule has 0 saturated carbocycles. The first-order chi connectivity index (χ1) is 9.99. The summed E-state index contributed by atoms with van der Waals surface area (Å²) < 4.78 is 13.7. The van der Waals surface area contributed by atoms with E-state index < -0.39 is 11.7 Å². The molecule has 1 heterocycles. The Bertz CT molecular complexity index is 483. The van der Waals surface area contributed by atoms with Gasteiger partial charge < -0.3 is 10.2 Å². The van der Waals surface area contributed by atoms with Crippen LogP contribution in [0.1, 0.15) is 17.3 Å². The molecule has 1 N–H and O–H groups in total. The maximum Gasteiger partial charge on any atom is 0.255 e. The highest BCUT2D eigenvalue weighted by atomic mass is 35.5. The Morgan fingerprint density at radius 3 is 2.67 bits per heavy atom. The van der Waals surface area contributed by atoms with Gasteiger partial charge in [0.15, 0.2) is 0 Å². The number of piperazine rings is 1. The van der Waals surface area contributed by atoms with Gasteiger partial charge in [-0.2, -0.15) is 0 Å². The van der Waals surface area contributed by atoms with Crippen LogP contribution >= 0.6 is 11.6 Å². The first-order valence-corrected chi connectivity index (χ1v) is 7.51. The van der Waals surface area contributed by atoms with Gasteiger partial charge in [0.2, 0.25) is 0 Å². The van der Waals surface area contributed by atoms with Crippen molar-refractivity contribution in [2.75, 3.05) is 39.8 Å². The third-order valence-corrected chi connectivity index (χ3v) is 4.22. The second-order valence-electron chi connectivity index (χ2n) is 5.49. The Labute approximate surface area is 129 Å². The van der Waals surface area contributed by atoms with Crippen LogP contribution in [0.25, 0.3) is 0 Å². The summed E-state index contributed by atoms with van der Waals surface area (Å²) in [6, 6.07) is 4.46. The SMILES string of the molecule is C[C@H](CNC(=O)c1c(F)cccc1Cl)N1CCN(C)CC1. The third kappa shape index (κ3) is 4.15. The second kappa shape index (κ2) is 7.20. The van der Waals surface area contributed by atoms with Crippen LogP contribution in [0.15, 0.2) is 18.2 Å². The molecular formula is C15H21ClFN3O. The Balaban J connectivity index is 1.89. The Hall–Kier alpha value is -1.17. The lowest BCUT2D eigenvalue weighted by Gasteiger charge is -2.36. The average Bonchev–Trinajstić information content (AvgIpc) is 2.45. The fraction of sp³-hybridized carbons (Fsp3) is 0.533. The van der Waals surface area contributed by atoms with E-state index in [4.69, 9.17) is 11.6 Å². The summed E-state index contributed by atoms with van der Waals surface area (Å²) in [4.78, 5) is 16.7.